The molecule has 152 valence electrons. The highest BCUT2D eigenvalue weighted by molar-refractivity contribution is 7.89. The lowest BCUT2D eigenvalue weighted by atomic mass is 10.2. The first-order valence-corrected chi connectivity index (χ1v) is 10.3. The van der Waals surface area contributed by atoms with Gasteiger partial charge in [-0.25, -0.2) is 8.42 Å². The van der Waals surface area contributed by atoms with E-state index >= 15 is 0 Å². The molecule has 0 saturated carbocycles. The molecule has 1 amide bonds. The van der Waals surface area contributed by atoms with Crippen LogP contribution in [0, 0.1) is 0 Å². The molecule has 0 spiro atoms. The molecular weight excluding hydrogens is 380 g/mol. The van der Waals surface area contributed by atoms with E-state index in [0.717, 1.165) is 15.6 Å². The van der Waals surface area contributed by atoms with E-state index in [-0.39, 0.29) is 23.5 Å². The molecule has 0 atom stereocenters. The van der Waals surface area contributed by atoms with E-state index in [4.69, 9.17) is 9.47 Å². The molecule has 0 aliphatic heterocycles. The van der Waals surface area contributed by atoms with E-state index in [1.54, 1.807) is 12.1 Å². The van der Waals surface area contributed by atoms with Crippen molar-refractivity contribution >= 4 is 15.9 Å². The number of amides is 1. The molecule has 0 bridgehead atoms. The molecule has 2 rings (SSSR count). The van der Waals surface area contributed by atoms with Crippen LogP contribution in [0.3, 0.4) is 0 Å². The van der Waals surface area contributed by atoms with Gasteiger partial charge in [-0.05, 0) is 55.8 Å². The highest BCUT2D eigenvalue weighted by atomic mass is 32.2. The van der Waals surface area contributed by atoms with E-state index in [9.17, 15) is 13.2 Å². The predicted molar refractivity (Wildman–Crippen MR) is 107 cm³/mol. The molecule has 0 aliphatic carbocycles. The molecule has 2 aromatic carbocycles. The van der Waals surface area contributed by atoms with Gasteiger partial charge in [0.1, 0.15) is 11.5 Å². The zero-order valence-corrected chi connectivity index (χ0v) is 17.3. The molecule has 8 heteroatoms. The second-order valence-corrected chi connectivity index (χ2v) is 8.57. The molecule has 2 aromatic rings. The maximum absolute atomic E-state index is 12.6. The fourth-order valence-corrected chi connectivity index (χ4v) is 3.56. The summed E-state index contributed by atoms with van der Waals surface area (Å²) in [5.41, 5.74) is 0.894. The van der Waals surface area contributed by atoms with Gasteiger partial charge in [0.05, 0.1) is 24.7 Å². The normalized spacial score (nSPS) is 11.5. The third kappa shape index (κ3) is 5.97. The van der Waals surface area contributed by atoms with Crippen molar-refractivity contribution in [1.82, 2.24) is 9.62 Å². The van der Waals surface area contributed by atoms with E-state index in [0.29, 0.717) is 12.3 Å². The Morgan fingerprint density at radius 1 is 1.04 bits per heavy atom. The summed E-state index contributed by atoms with van der Waals surface area (Å²) in [5, 5.41) is 2.73. The molecule has 0 unspecified atom stereocenters. The Balaban J connectivity index is 1.90. The topological polar surface area (TPSA) is 84.9 Å². The molecule has 0 aromatic heterocycles. The van der Waals surface area contributed by atoms with Gasteiger partial charge < -0.3 is 14.8 Å². The van der Waals surface area contributed by atoms with Crippen LogP contribution in [0.15, 0.2) is 53.4 Å². The van der Waals surface area contributed by atoms with Gasteiger partial charge in [-0.3, -0.25) is 4.79 Å². The summed E-state index contributed by atoms with van der Waals surface area (Å²) in [6, 6.07) is 13.4. The molecule has 7 nitrogen and oxygen atoms in total. The lowest BCUT2D eigenvalue weighted by Crippen LogP contribution is -2.38. The number of sulfonamides is 1. The number of benzene rings is 2. The quantitative estimate of drug-likeness (QED) is 0.691. The third-order valence-corrected chi connectivity index (χ3v) is 5.74. The number of likely N-dealkylation sites (N-methyl/N-ethyl adjacent to an activating group) is 1. The Kier molecular flexibility index (Phi) is 7.42. The minimum Gasteiger partial charge on any atom is -0.497 e. The molecule has 0 heterocycles. The van der Waals surface area contributed by atoms with Crippen molar-refractivity contribution in [2.75, 3.05) is 20.7 Å². The standard InChI is InChI=1S/C20H26N2O5S/c1-15(2)27-18-7-5-16(6-8-18)13-21-20(23)14-22(3)28(24,25)19-11-9-17(26-4)10-12-19/h5-12,15H,13-14H2,1-4H3,(H,21,23). The van der Waals surface area contributed by atoms with E-state index < -0.39 is 10.0 Å². The summed E-state index contributed by atoms with van der Waals surface area (Å²) in [4.78, 5) is 12.3. The number of carbonyl (C=O) groups is 1. The summed E-state index contributed by atoms with van der Waals surface area (Å²) < 4.78 is 36.7. The van der Waals surface area contributed by atoms with Crippen LogP contribution in [0.2, 0.25) is 0 Å². The molecular formula is C20H26N2O5S. The fourth-order valence-electron chi connectivity index (χ4n) is 2.43. The van der Waals surface area contributed by atoms with E-state index in [1.165, 1.54) is 26.3 Å². The summed E-state index contributed by atoms with van der Waals surface area (Å²) in [6.45, 7) is 3.93. The monoisotopic (exact) mass is 406 g/mol. The smallest absolute Gasteiger partial charge is 0.243 e. The SMILES string of the molecule is COc1ccc(S(=O)(=O)N(C)CC(=O)NCc2ccc(OC(C)C)cc2)cc1. The van der Waals surface area contributed by atoms with E-state index in [1.807, 2.05) is 38.1 Å². The van der Waals surface area contributed by atoms with Crippen molar-refractivity contribution in [1.29, 1.82) is 0 Å². The van der Waals surface area contributed by atoms with Crippen molar-refractivity contribution in [3.63, 3.8) is 0 Å². The Morgan fingerprint density at radius 2 is 1.61 bits per heavy atom. The average Bonchev–Trinajstić information content (AvgIpc) is 2.67. The minimum atomic E-state index is -3.76. The highest BCUT2D eigenvalue weighted by Crippen LogP contribution is 2.18. The van der Waals surface area contributed by atoms with Crippen molar-refractivity contribution in [3.8, 4) is 11.5 Å². The van der Waals surface area contributed by atoms with Crippen molar-refractivity contribution in [2.24, 2.45) is 0 Å². The minimum absolute atomic E-state index is 0.0914. The number of carbonyl (C=O) groups excluding carboxylic acids is 1. The van der Waals surface area contributed by atoms with Crippen LogP contribution in [0.5, 0.6) is 11.5 Å². The zero-order valence-electron chi connectivity index (χ0n) is 16.5. The number of rotatable bonds is 9. The molecule has 0 saturated heterocycles. The molecule has 28 heavy (non-hydrogen) atoms. The molecule has 0 fully saturated rings. The molecule has 0 aliphatic rings. The second kappa shape index (κ2) is 9.57. The van der Waals surface area contributed by atoms with Crippen LogP contribution in [0.4, 0.5) is 0 Å². The summed E-state index contributed by atoms with van der Waals surface area (Å²) in [5.74, 6) is 0.932. The third-order valence-electron chi connectivity index (χ3n) is 3.92. The fraction of sp³-hybridized carbons (Fsp3) is 0.350. The van der Waals surface area contributed by atoms with Gasteiger partial charge >= 0.3 is 0 Å². The van der Waals surface area contributed by atoms with E-state index in [2.05, 4.69) is 5.32 Å². The summed E-state index contributed by atoms with van der Waals surface area (Å²) >= 11 is 0. The van der Waals surface area contributed by atoms with Crippen LogP contribution in [-0.4, -0.2) is 45.4 Å². The van der Waals surface area contributed by atoms with Gasteiger partial charge in [0.15, 0.2) is 0 Å². The van der Waals surface area contributed by atoms with Gasteiger partial charge in [-0.15, -0.1) is 0 Å². The largest absolute Gasteiger partial charge is 0.497 e. The first kappa shape index (κ1) is 21.7. The van der Waals surface area contributed by atoms with Crippen molar-refractivity contribution < 1.29 is 22.7 Å². The average molecular weight is 407 g/mol. The second-order valence-electron chi connectivity index (χ2n) is 6.52. The van der Waals surface area contributed by atoms with Crippen LogP contribution < -0.4 is 14.8 Å². The number of methoxy groups -OCH3 is 1. The van der Waals surface area contributed by atoms with Gasteiger partial charge in [0, 0.05) is 13.6 Å². The Bertz CT molecular complexity index is 878. The Labute approximate surface area is 166 Å². The van der Waals surface area contributed by atoms with Gasteiger partial charge in [-0.1, -0.05) is 12.1 Å². The number of hydrogen-bond acceptors (Lipinski definition) is 5. The van der Waals surface area contributed by atoms with Gasteiger partial charge in [-0.2, -0.15) is 4.31 Å². The maximum Gasteiger partial charge on any atom is 0.243 e. The summed E-state index contributed by atoms with van der Waals surface area (Å²) in [7, 11) is -0.882. The lowest BCUT2D eigenvalue weighted by molar-refractivity contribution is -0.121. The number of hydrogen-bond donors (Lipinski definition) is 1. The number of nitrogens with zero attached hydrogens (tertiary/aromatic N) is 1. The van der Waals surface area contributed by atoms with Crippen LogP contribution >= 0.6 is 0 Å². The first-order chi connectivity index (χ1) is 13.2. The van der Waals surface area contributed by atoms with Gasteiger partial charge in [0.25, 0.3) is 0 Å². The first-order valence-electron chi connectivity index (χ1n) is 8.85. The predicted octanol–water partition coefficient (Wildman–Crippen LogP) is 2.42. The lowest BCUT2D eigenvalue weighted by Gasteiger charge is -2.17. The van der Waals surface area contributed by atoms with Crippen LogP contribution in [0.1, 0.15) is 19.4 Å². The van der Waals surface area contributed by atoms with Crippen LogP contribution in [0.25, 0.3) is 0 Å². The Hall–Kier alpha value is -2.58. The van der Waals surface area contributed by atoms with Crippen LogP contribution in [-0.2, 0) is 21.4 Å². The maximum atomic E-state index is 12.6. The highest BCUT2D eigenvalue weighted by Gasteiger charge is 2.22. The zero-order chi connectivity index (χ0) is 20.7. The molecule has 0 radical (unpaired) electrons. The number of ether oxygens (including phenoxy) is 2. The summed E-state index contributed by atoms with van der Waals surface area (Å²) in [6.07, 6.45) is 0.0914. The Morgan fingerprint density at radius 3 is 2.14 bits per heavy atom. The number of nitrogens with one attached hydrogen (secondary N) is 1. The van der Waals surface area contributed by atoms with Crippen molar-refractivity contribution in [2.45, 2.75) is 31.4 Å². The van der Waals surface area contributed by atoms with Gasteiger partial charge in [0.2, 0.25) is 15.9 Å². The van der Waals surface area contributed by atoms with Crippen molar-refractivity contribution in [3.05, 3.63) is 54.1 Å². The molecule has 1 N–H and O–H groups in total.